The first-order chi connectivity index (χ1) is 15.7. The molecule has 162 valence electrons. The number of rotatable bonds is 5. The molecule has 1 N–H and O–H groups in total. The molecule has 4 aromatic rings. The number of aryl methyl sites for hydroxylation is 1. The number of hydrogen-bond donors (Lipinski definition) is 1. The second-order valence-electron chi connectivity index (χ2n) is 8.52. The predicted octanol–water partition coefficient (Wildman–Crippen LogP) is 4.14. The van der Waals surface area contributed by atoms with Crippen LogP contribution >= 0.6 is 0 Å². The highest BCUT2D eigenvalue weighted by molar-refractivity contribution is 5.80. The molecule has 0 bridgehead atoms. The maximum absolute atomic E-state index is 12.5. The average molecular weight is 425 g/mol. The number of nitrogens with one attached hydrogen (secondary N) is 1. The Morgan fingerprint density at radius 2 is 1.47 bits per heavy atom. The largest absolute Gasteiger partial charge is 0.309 e. The molecular formula is C27H28N4O. The molecule has 0 radical (unpaired) electrons. The minimum Gasteiger partial charge on any atom is -0.309 e. The van der Waals surface area contributed by atoms with Crippen LogP contribution < -0.4 is 5.56 Å². The zero-order chi connectivity index (χ0) is 21.9. The van der Waals surface area contributed by atoms with Gasteiger partial charge < -0.3 is 4.98 Å². The molecule has 2 heterocycles. The molecule has 32 heavy (non-hydrogen) atoms. The van der Waals surface area contributed by atoms with Crippen LogP contribution in [0.5, 0.6) is 0 Å². The van der Waals surface area contributed by atoms with Crippen LogP contribution in [0.4, 0.5) is 0 Å². The minimum absolute atomic E-state index is 0.0550. The van der Waals surface area contributed by atoms with Crippen molar-refractivity contribution in [2.75, 3.05) is 26.2 Å². The van der Waals surface area contributed by atoms with Crippen molar-refractivity contribution in [3.8, 4) is 0 Å². The number of H-pyrrole nitrogens is 1. The lowest BCUT2D eigenvalue weighted by atomic mass is 9.96. The van der Waals surface area contributed by atoms with Gasteiger partial charge in [-0.1, -0.05) is 72.8 Å². The van der Waals surface area contributed by atoms with Crippen LogP contribution in [0.15, 0.2) is 83.7 Å². The standard InChI is InChI=1S/C27H28N4O/c1-20-9-8-14-23-25(20)28-24(29-27(23)32)19-30-15-17-31(18-16-30)26(21-10-4-2-5-11-21)22-12-6-3-7-13-22/h2-14,26H,15-19H2,1H3,(H,28,29,32). The monoisotopic (exact) mass is 424 g/mol. The number of aromatic amines is 1. The lowest BCUT2D eigenvalue weighted by molar-refractivity contribution is 0.103. The second-order valence-corrected chi connectivity index (χ2v) is 8.52. The lowest BCUT2D eigenvalue weighted by Crippen LogP contribution is -2.47. The third-order valence-corrected chi connectivity index (χ3v) is 6.36. The van der Waals surface area contributed by atoms with Gasteiger partial charge in [0.25, 0.3) is 5.56 Å². The van der Waals surface area contributed by atoms with E-state index in [-0.39, 0.29) is 11.6 Å². The Bertz CT molecular complexity index is 1210. The number of para-hydroxylation sites is 1. The summed E-state index contributed by atoms with van der Waals surface area (Å²) < 4.78 is 0. The summed E-state index contributed by atoms with van der Waals surface area (Å²) in [5.41, 5.74) is 4.43. The summed E-state index contributed by atoms with van der Waals surface area (Å²) in [6.45, 7) is 6.47. The molecule has 0 unspecified atom stereocenters. The van der Waals surface area contributed by atoms with Crippen molar-refractivity contribution in [1.82, 2.24) is 19.8 Å². The van der Waals surface area contributed by atoms with E-state index in [1.807, 2.05) is 25.1 Å². The molecule has 1 fully saturated rings. The van der Waals surface area contributed by atoms with E-state index in [9.17, 15) is 4.79 Å². The fourth-order valence-corrected chi connectivity index (χ4v) is 4.70. The summed E-state index contributed by atoms with van der Waals surface area (Å²) in [5, 5.41) is 0.659. The highest BCUT2D eigenvalue weighted by Crippen LogP contribution is 2.29. The molecule has 0 saturated carbocycles. The predicted molar refractivity (Wildman–Crippen MR) is 129 cm³/mol. The Balaban J connectivity index is 1.33. The molecule has 5 heteroatoms. The van der Waals surface area contributed by atoms with Gasteiger partial charge in [-0.25, -0.2) is 4.98 Å². The van der Waals surface area contributed by atoms with Gasteiger partial charge in [-0.2, -0.15) is 0 Å². The molecule has 1 saturated heterocycles. The summed E-state index contributed by atoms with van der Waals surface area (Å²) in [5.74, 6) is 0.743. The van der Waals surface area contributed by atoms with Crippen molar-refractivity contribution < 1.29 is 0 Å². The Morgan fingerprint density at radius 3 is 2.09 bits per heavy atom. The number of fused-ring (bicyclic) bond motifs is 1. The van der Waals surface area contributed by atoms with E-state index in [2.05, 4.69) is 75.4 Å². The number of hydrogen-bond acceptors (Lipinski definition) is 4. The molecule has 1 aromatic heterocycles. The molecule has 0 aliphatic carbocycles. The maximum atomic E-state index is 12.5. The van der Waals surface area contributed by atoms with E-state index in [0.29, 0.717) is 11.9 Å². The highest BCUT2D eigenvalue weighted by atomic mass is 16.1. The molecule has 1 aliphatic rings. The summed E-state index contributed by atoms with van der Waals surface area (Å²) >= 11 is 0. The van der Waals surface area contributed by atoms with Gasteiger partial charge >= 0.3 is 0 Å². The van der Waals surface area contributed by atoms with E-state index in [4.69, 9.17) is 4.98 Å². The first-order valence-corrected chi connectivity index (χ1v) is 11.2. The quantitative estimate of drug-likeness (QED) is 0.523. The lowest BCUT2D eigenvalue weighted by Gasteiger charge is -2.39. The molecule has 0 atom stereocenters. The van der Waals surface area contributed by atoms with Crippen molar-refractivity contribution in [3.05, 3.63) is 112 Å². The fourth-order valence-electron chi connectivity index (χ4n) is 4.70. The van der Waals surface area contributed by atoms with Crippen LogP contribution in [0.2, 0.25) is 0 Å². The van der Waals surface area contributed by atoms with Crippen LogP contribution in [0.25, 0.3) is 10.9 Å². The van der Waals surface area contributed by atoms with Crippen LogP contribution in [-0.4, -0.2) is 45.9 Å². The zero-order valence-corrected chi connectivity index (χ0v) is 18.4. The minimum atomic E-state index is -0.0550. The van der Waals surface area contributed by atoms with Gasteiger partial charge in [0.1, 0.15) is 5.82 Å². The Hall–Kier alpha value is -3.28. The van der Waals surface area contributed by atoms with Crippen LogP contribution in [0, 0.1) is 6.92 Å². The Morgan fingerprint density at radius 1 is 0.844 bits per heavy atom. The SMILES string of the molecule is Cc1cccc2c(=O)[nH]c(CN3CCN(C(c4ccccc4)c4ccccc4)CC3)nc12. The van der Waals surface area contributed by atoms with E-state index >= 15 is 0 Å². The maximum Gasteiger partial charge on any atom is 0.258 e. The number of nitrogens with zero attached hydrogens (tertiary/aromatic N) is 3. The first kappa shape index (κ1) is 20.6. The molecule has 5 rings (SSSR count). The summed E-state index contributed by atoms with van der Waals surface area (Å²) in [6, 6.07) is 27.5. The zero-order valence-electron chi connectivity index (χ0n) is 18.4. The van der Waals surface area contributed by atoms with Gasteiger partial charge in [-0.05, 0) is 29.7 Å². The van der Waals surface area contributed by atoms with Gasteiger partial charge in [-0.3, -0.25) is 14.6 Å². The highest BCUT2D eigenvalue weighted by Gasteiger charge is 2.26. The van der Waals surface area contributed by atoms with Crippen molar-refractivity contribution in [2.45, 2.75) is 19.5 Å². The molecule has 5 nitrogen and oxygen atoms in total. The van der Waals surface area contributed by atoms with Gasteiger partial charge in [0.15, 0.2) is 0 Å². The van der Waals surface area contributed by atoms with E-state index in [1.165, 1.54) is 11.1 Å². The van der Waals surface area contributed by atoms with Crippen molar-refractivity contribution in [1.29, 1.82) is 0 Å². The van der Waals surface area contributed by atoms with Crippen molar-refractivity contribution >= 4 is 10.9 Å². The molecule has 1 aliphatic heterocycles. The van der Waals surface area contributed by atoms with Crippen molar-refractivity contribution in [2.24, 2.45) is 0 Å². The van der Waals surface area contributed by atoms with E-state index in [1.54, 1.807) is 0 Å². The Labute approximate surface area is 188 Å². The molecule has 3 aromatic carbocycles. The summed E-state index contributed by atoms with van der Waals surface area (Å²) in [7, 11) is 0. The Kier molecular flexibility index (Phi) is 5.84. The molecule has 0 amide bonds. The average Bonchev–Trinajstić information content (AvgIpc) is 2.83. The van der Waals surface area contributed by atoms with E-state index < -0.39 is 0 Å². The van der Waals surface area contributed by atoms with E-state index in [0.717, 1.165) is 43.1 Å². The second kappa shape index (κ2) is 9.07. The normalized spacial score (nSPS) is 15.4. The smallest absolute Gasteiger partial charge is 0.258 e. The van der Waals surface area contributed by atoms with Gasteiger partial charge in [0.2, 0.25) is 0 Å². The molecular weight excluding hydrogens is 396 g/mol. The van der Waals surface area contributed by atoms with Gasteiger partial charge in [0.05, 0.1) is 23.5 Å². The first-order valence-electron chi connectivity index (χ1n) is 11.2. The summed E-state index contributed by atoms with van der Waals surface area (Å²) in [4.78, 5) is 25.2. The van der Waals surface area contributed by atoms with Crippen LogP contribution in [0.1, 0.15) is 28.6 Å². The number of piperazine rings is 1. The molecule has 0 spiro atoms. The third-order valence-electron chi connectivity index (χ3n) is 6.36. The summed E-state index contributed by atoms with van der Waals surface area (Å²) in [6.07, 6.45) is 0. The third kappa shape index (κ3) is 4.22. The van der Waals surface area contributed by atoms with Crippen LogP contribution in [-0.2, 0) is 6.54 Å². The van der Waals surface area contributed by atoms with Gasteiger partial charge in [0, 0.05) is 26.2 Å². The topological polar surface area (TPSA) is 52.2 Å². The number of benzene rings is 3. The van der Waals surface area contributed by atoms with Crippen molar-refractivity contribution in [3.63, 3.8) is 0 Å². The fraction of sp³-hybridized carbons (Fsp3) is 0.259. The number of aromatic nitrogens is 2. The van der Waals surface area contributed by atoms with Crippen LogP contribution in [0.3, 0.4) is 0 Å². The van der Waals surface area contributed by atoms with Gasteiger partial charge in [-0.15, -0.1) is 0 Å².